The van der Waals surface area contributed by atoms with Gasteiger partial charge in [0.15, 0.2) is 0 Å². The van der Waals surface area contributed by atoms with Crippen LogP contribution in [0.3, 0.4) is 0 Å². The maximum atomic E-state index is 12.7. The molecule has 0 radical (unpaired) electrons. The molecule has 2 aliphatic rings. The molecule has 1 aromatic carbocycles. The second-order valence-electron chi connectivity index (χ2n) is 8.91. The van der Waals surface area contributed by atoms with Crippen molar-refractivity contribution < 1.29 is 24.8 Å². The second-order valence-corrected chi connectivity index (χ2v) is 8.91. The van der Waals surface area contributed by atoms with Crippen molar-refractivity contribution in [3.8, 4) is 0 Å². The summed E-state index contributed by atoms with van der Waals surface area (Å²) in [5, 5.41) is 20.2. The Morgan fingerprint density at radius 3 is 2.59 bits per heavy atom. The van der Waals surface area contributed by atoms with E-state index in [2.05, 4.69) is 18.7 Å². The summed E-state index contributed by atoms with van der Waals surface area (Å²) in [6.07, 6.45) is 3.52. The van der Waals surface area contributed by atoms with Crippen LogP contribution in [0.25, 0.3) is 6.08 Å². The molecule has 158 valence electrons. The molecule has 0 bridgehead atoms. The molecule has 5 heteroatoms. The van der Waals surface area contributed by atoms with Crippen LogP contribution in [0.5, 0.6) is 0 Å². The lowest BCUT2D eigenvalue weighted by Crippen LogP contribution is -2.52. The Bertz CT molecular complexity index is 782. The smallest absolute Gasteiger partial charge is 0.331 e. The highest BCUT2D eigenvalue weighted by Gasteiger charge is 2.53. The van der Waals surface area contributed by atoms with Crippen LogP contribution in [0, 0.1) is 17.3 Å². The first kappa shape index (κ1) is 21.8. The Balaban J connectivity index is 1.93. The number of hydrogen-bond donors (Lipinski definition) is 2. The maximum absolute atomic E-state index is 12.7. The van der Waals surface area contributed by atoms with Crippen molar-refractivity contribution in [3.05, 3.63) is 53.1 Å². The molecule has 0 saturated heterocycles. The first-order chi connectivity index (χ1) is 13.8. The SMILES string of the molecule is CC1=C2[C@H](OC(=O)/C=C/c3ccccc3)[C@H](C(C)C)CC[C@@]2(C)[C@H](O)C[C@H]1OO. The summed E-state index contributed by atoms with van der Waals surface area (Å²) in [5.41, 5.74) is 2.20. The van der Waals surface area contributed by atoms with Crippen LogP contribution < -0.4 is 0 Å². The Morgan fingerprint density at radius 2 is 1.97 bits per heavy atom. The second kappa shape index (κ2) is 8.82. The average Bonchev–Trinajstić information content (AvgIpc) is 2.69. The van der Waals surface area contributed by atoms with Gasteiger partial charge in [-0.25, -0.2) is 9.68 Å². The van der Waals surface area contributed by atoms with Crippen molar-refractivity contribution in [2.45, 2.75) is 65.3 Å². The monoisotopic (exact) mass is 400 g/mol. The first-order valence-electron chi connectivity index (χ1n) is 10.4. The van der Waals surface area contributed by atoms with E-state index in [1.807, 2.05) is 44.2 Å². The molecule has 2 N–H and O–H groups in total. The fourth-order valence-corrected chi connectivity index (χ4v) is 4.97. The van der Waals surface area contributed by atoms with Crippen LogP contribution in [-0.2, 0) is 14.4 Å². The number of ether oxygens (including phenoxy) is 1. The van der Waals surface area contributed by atoms with Gasteiger partial charge in [-0.2, -0.15) is 0 Å². The van der Waals surface area contributed by atoms with Gasteiger partial charge in [-0.3, -0.25) is 5.26 Å². The van der Waals surface area contributed by atoms with Crippen molar-refractivity contribution in [2.24, 2.45) is 17.3 Å². The number of rotatable bonds is 5. The molecule has 0 aliphatic heterocycles. The van der Waals surface area contributed by atoms with E-state index in [-0.39, 0.29) is 5.92 Å². The molecule has 0 aromatic heterocycles. The van der Waals surface area contributed by atoms with Crippen LogP contribution in [0.4, 0.5) is 0 Å². The lowest BCUT2D eigenvalue weighted by molar-refractivity contribution is -0.278. The normalized spacial score (nSPS) is 32.5. The van der Waals surface area contributed by atoms with E-state index < -0.39 is 29.7 Å². The van der Waals surface area contributed by atoms with Gasteiger partial charge in [-0.15, -0.1) is 0 Å². The van der Waals surface area contributed by atoms with Gasteiger partial charge in [0.2, 0.25) is 0 Å². The van der Waals surface area contributed by atoms with E-state index in [0.717, 1.165) is 29.6 Å². The molecule has 5 nitrogen and oxygen atoms in total. The zero-order valence-electron chi connectivity index (χ0n) is 17.7. The highest BCUT2D eigenvalue weighted by molar-refractivity contribution is 5.87. The number of hydrogen-bond acceptors (Lipinski definition) is 5. The number of carbonyl (C=O) groups excluding carboxylic acids is 1. The lowest BCUT2D eigenvalue weighted by atomic mass is 9.57. The van der Waals surface area contributed by atoms with Crippen molar-refractivity contribution >= 4 is 12.0 Å². The van der Waals surface area contributed by atoms with Crippen molar-refractivity contribution in [1.82, 2.24) is 0 Å². The Labute approximate surface area is 173 Å². The van der Waals surface area contributed by atoms with Crippen molar-refractivity contribution in [3.63, 3.8) is 0 Å². The molecular weight excluding hydrogens is 368 g/mol. The standard InChI is InChI=1S/C24H32O5/c1-15(2)18-12-13-24(4)20(25)14-19(29-27)16(3)22(24)23(18)28-21(26)11-10-17-8-6-5-7-9-17/h5-11,15,18-20,23,25,27H,12-14H2,1-4H3/b11-10+/t18-,19+,20+,23+,24-/m0/s1. The highest BCUT2D eigenvalue weighted by atomic mass is 17.1. The number of carbonyl (C=O) groups is 1. The van der Waals surface area contributed by atoms with Crippen LogP contribution in [-0.4, -0.2) is 34.6 Å². The Hall–Kier alpha value is -1.95. The van der Waals surface area contributed by atoms with Gasteiger partial charge in [0.25, 0.3) is 0 Å². The largest absolute Gasteiger partial charge is 0.454 e. The third-order valence-corrected chi connectivity index (χ3v) is 6.80. The van der Waals surface area contributed by atoms with Crippen LogP contribution in [0.15, 0.2) is 47.6 Å². The average molecular weight is 401 g/mol. The van der Waals surface area contributed by atoms with E-state index in [1.54, 1.807) is 6.08 Å². The fourth-order valence-electron chi connectivity index (χ4n) is 4.97. The summed E-state index contributed by atoms with van der Waals surface area (Å²) >= 11 is 0. The van der Waals surface area contributed by atoms with Crippen LogP contribution in [0.1, 0.15) is 52.5 Å². The topological polar surface area (TPSA) is 76.0 Å². The summed E-state index contributed by atoms with van der Waals surface area (Å²) in [7, 11) is 0. The summed E-state index contributed by atoms with van der Waals surface area (Å²) in [5.74, 6) is 0.0469. The van der Waals surface area contributed by atoms with E-state index >= 15 is 0 Å². The zero-order valence-corrected chi connectivity index (χ0v) is 17.7. The minimum absolute atomic E-state index is 0.145. The van der Waals surface area contributed by atoms with E-state index in [0.29, 0.717) is 12.3 Å². The molecule has 29 heavy (non-hydrogen) atoms. The number of aliphatic hydroxyl groups excluding tert-OH is 1. The minimum Gasteiger partial charge on any atom is -0.454 e. The molecule has 1 aromatic rings. The molecule has 3 rings (SSSR count). The first-order valence-corrected chi connectivity index (χ1v) is 10.4. The molecule has 2 aliphatic carbocycles. The molecule has 5 atom stereocenters. The molecule has 0 spiro atoms. The number of esters is 1. The fraction of sp³-hybridized carbons (Fsp3) is 0.542. The number of aliphatic hydroxyl groups is 1. The third kappa shape index (κ3) is 4.32. The van der Waals surface area contributed by atoms with Crippen LogP contribution in [0.2, 0.25) is 0 Å². The van der Waals surface area contributed by atoms with Crippen LogP contribution >= 0.6 is 0 Å². The lowest BCUT2D eigenvalue weighted by Gasteiger charge is -2.52. The summed E-state index contributed by atoms with van der Waals surface area (Å²) in [6.45, 7) is 8.19. The summed E-state index contributed by atoms with van der Waals surface area (Å²) in [4.78, 5) is 17.3. The van der Waals surface area contributed by atoms with E-state index in [4.69, 9.17) is 4.74 Å². The van der Waals surface area contributed by atoms with E-state index in [1.165, 1.54) is 6.08 Å². The van der Waals surface area contributed by atoms with Gasteiger partial charge in [0, 0.05) is 23.8 Å². The quantitative estimate of drug-likeness (QED) is 0.248. The Kier molecular flexibility index (Phi) is 6.62. The van der Waals surface area contributed by atoms with Gasteiger partial charge in [0.05, 0.1) is 6.10 Å². The maximum Gasteiger partial charge on any atom is 0.331 e. The molecule has 1 fully saturated rings. The predicted octanol–water partition coefficient (Wildman–Crippen LogP) is 4.62. The highest BCUT2D eigenvalue weighted by Crippen LogP contribution is 2.53. The third-order valence-electron chi connectivity index (χ3n) is 6.80. The molecule has 0 unspecified atom stereocenters. The summed E-state index contributed by atoms with van der Waals surface area (Å²) < 4.78 is 6.00. The molecule has 1 saturated carbocycles. The van der Waals surface area contributed by atoms with Gasteiger partial charge >= 0.3 is 5.97 Å². The number of benzene rings is 1. The van der Waals surface area contributed by atoms with Gasteiger partial charge < -0.3 is 9.84 Å². The van der Waals surface area contributed by atoms with E-state index in [9.17, 15) is 15.2 Å². The van der Waals surface area contributed by atoms with Gasteiger partial charge in [0.1, 0.15) is 12.2 Å². The molecular formula is C24H32O5. The summed E-state index contributed by atoms with van der Waals surface area (Å²) in [6, 6.07) is 9.60. The predicted molar refractivity (Wildman–Crippen MR) is 112 cm³/mol. The zero-order chi connectivity index (χ0) is 21.2. The van der Waals surface area contributed by atoms with Crippen molar-refractivity contribution in [1.29, 1.82) is 0 Å². The van der Waals surface area contributed by atoms with Crippen molar-refractivity contribution in [2.75, 3.05) is 0 Å². The minimum atomic E-state index is -0.660. The molecule has 0 amide bonds. The van der Waals surface area contributed by atoms with Gasteiger partial charge in [-0.1, -0.05) is 51.1 Å². The number of fused-ring (bicyclic) bond motifs is 1. The van der Waals surface area contributed by atoms with Gasteiger partial charge in [-0.05, 0) is 48.5 Å². The molecule has 0 heterocycles. The Morgan fingerprint density at radius 1 is 1.28 bits per heavy atom.